The van der Waals surface area contributed by atoms with Crippen LogP contribution in [0.15, 0.2) is 85.1 Å². The number of benzene rings is 3. The second-order valence-corrected chi connectivity index (χ2v) is 19.8. The van der Waals surface area contributed by atoms with E-state index >= 15 is 0 Å². The van der Waals surface area contributed by atoms with E-state index in [9.17, 15) is 31.2 Å². The second kappa shape index (κ2) is 19.2. The molecule has 0 aliphatic heterocycles. The summed E-state index contributed by atoms with van der Waals surface area (Å²) in [5.41, 5.74) is 2.38. The van der Waals surface area contributed by atoms with Crippen LogP contribution >= 0.6 is 11.6 Å². The quantitative estimate of drug-likeness (QED) is 0.0871. The van der Waals surface area contributed by atoms with Crippen LogP contribution in [-0.4, -0.2) is 63.1 Å². The van der Waals surface area contributed by atoms with Gasteiger partial charge in [-0.2, -0.15) is 13.2 Å². The highest BCUT2D eigenvalue weighted by molar-refractivity contribution is 7.89. The number of alkyl halides is 3. The van der Waals surface area contributed by atoms with Crippen LogP contribution in [-0.2, 0) is 49.2 Å². The second-order valence-electron chi connectivity index (χ2n) is 17.5. The summed E-state index contributed by atoms with van der Waals surface area (Å²) < 4.78 is 89.6. The van der Waals surface area contributed by atoms with Crippen LogP contribution in [0.25, 0.3) is 0 Å². The normalized spacial score (nSPS) is 22.5. The van der Waals surface area contributed by atoms with Crippen LogP contribution in [0.5, 0.6) is 11.5 Å². The molecule has 63 heavy (non-hydrogen) atoms. The number of rotatable bonds is 16. The maximum absolute atomic E-state index is 14.5. The van der Waals surface area contributed by atoms with E-state index in [1.165, 1.54) is 29.8 Å². The number of esters is 1. The predicted molar refractivity (Wildman–Crippen MR) is 236 cm³/mol. The SMILES string of the molecule is COC(=O)C1(N(C(=O)C(F)(F)F)c2cccc(Cl)c2)CCC2(CC1)c1cc(OCCCS(=O)(=O)NCc3ccccc3)ccc1C[C@@H]2C[C@@H](C)COc1ccnc2c1[C@H](C)CCC2. The number of aromatic nitrogens is 1. The molecule has 3 aromatic carbocycles. The van der Waals surface area contributed by atoms with Crippen LogP contribution in [0.4, 0.5) is 18.9 Å². The molecule has 7 rings (SSSR count). The van der Waals surface area contributed by atoms with Crippen LogP contribution < -0.4 is 19.1 Å². The molecule has 1 aromatic heterocycles. The Balaban J connectivity index is 1.15. The summed E-state index contributed by atoms with van der Waals surface area (Å²) in [6.45, 7) is 5.10. The Hall–Kier alpha value is -4.66. The van der Waals surface area contributed by atoms with Gasteiger partial charge in [-0.15, -0.1) is 0 Å². The summed E-state index contributed by atoms with van der Waals surface area (Å²) in [7, 11) is -2.45. The molecule has 1 heterocycles. The van der Waals surface area contributed by atoms with E-state index in [1.54, 1.807) is 6.20 Å². The minimum atomic E-state index is -5.30. The third kappa shape index (κ3) is 10.2. The summed E-state index contributed by atoms with van der Waals surface area (Å²) in [4.78, 5) is 32.6. The predicted octanol–water partition coefficient (Wildman–Crippen LogP) is 9.66. The van der Waals surface area contributed by atoms with Crippen LogP contribution in [0.1, 0.15) is 99.1 Å². The number of ether oxygens (including phenoxy) is 3. The Bertz CT molecular complexity index is 2370. The molecule has 0 unspecified atom stereocenters. The standard InChI is InChI=1S/C48H55ClF3N3O7S/c1-32(31-62-42-18-23-53-41-15-7-10-33(2)43(41)42)26-36-27-35-16-17-39(61-24-9-25-63(58,59)54-30-34-11-5-4-6-12-34)29-40(35)46(36)19-21-47(22-20-46,45(57)60-3)55(44(56)48(50,51)52)38-14-8-13-37(49)28-38/h4-6,8,11-14,16-18,23,28-29,32-33,36,54H,7,9-10,15,19-22,24-27,30-31H2,1-3H3/t32-,33-,36+,46?,47?/m1/s1. The number of nitrogens with one attached hydrogen (secondary N) is 1. The van der Waals surface area contributed by atoms with Gasteiger partial charge in [-0.3, -0.25) is 14.7 Å². The zero-order chi connectivity index (χ0) is 45.0. The molecule has 4 aromatic rings. The molecule has 15 heteroatoms. The third-order valence-electron chi connectivity index (χ3n) is 13.3. The van der Waals surface area contributed by atoms with Crippen molar-refractivity contribution in [2.45, 2.75) is 108 Å². The largest absolute Gasteiger partial charge is 0.494 e. The number of aryl methyl sites for hydroxylation is 1. The molecule has 3 atom stereocenters. The first-order valence-corrected chi connectivity index (χ1v) is 23.7. The zero-order valence-corrected chi connectivity index (χ0v) is 37.5. The Morgan fingerprint density at radius 2 is 1.76 bits per heavy atom. The average molecular weight is 910 g/mol. The average Bonchev–Trinajstić information content (AvgIpc) is 3.55. The lowest BCUT2D eigenvalue weighted by Crippen LogP contribution is -2.63. The number of anilines is 1. The number of halogens is 4. The molecule has 1 amide bonds. The van der Waals surface area contributed by atoms with Crippen molar-refractivity contribution in [2.24, 2.45) is 11.8 Å². The fraction of sp³-hybridized carbons (Fsp3) is 0.479. The van der Waals surface area contributed by atoms with Gasteiger partial charge in [-0.1, -0.05) is 67.9 Å². The van der Waals surface area contributed by atoms with E-state index in [0.717, 1.165) is 54.5 Å². The molecule has 338 valence electrons. The summed E-state index contributed by atoms with van der Waals surface area (Å²) in [6, 6.07) is 22.5. The zero-order valence-electron chi connectivity index (χ0n) is 35.9. The van der Waals surface area contributed by atoms with Gasteiger partial charge in [0.1, 0.15) is 17.0 Å². The topological polar surface area (TPSA) is 124 Å². The van der Waals surface area contributed by atoms with Gasteiger partial charge in [-0.05, 0) is 140 Å². The van der Waals surface area contributed by atoms with Crippen molar-refractivity contribution in [3.8, 4) is 11.5 Å². The fourth-order valence-corrected chi connectivity index (χ4v) is 11.4. The first-order chi connectivity index (χ1) is 30.0. The van der Waals surface area contributed by atoms with E-state index < -0.39 is 39.0 Å². The lowest BCUT2D eigenvalue weighted by molar-refractivity contribution is -0.174. The maximum Gasteiger partial charge on any atom is 0.471 e. The van der Waals surface area contributed by atoms with Crippen molar-refractivity contribution in [3.63, 3.8) is 0 Å². The number of hydrogen-bond donors (Lipinski definition) is 1. The minimum Gasteiger partial charge on any atom is -0.494 e. The van der Waals surface area contributed by atoms with Crippen LogP contribution in [0, 0.1) is 11.8 Å². The first kappa shape index (κ1) is 46.3. The van der Waals surface area contributed by atoms with Crippen molar-refractivity contribution in [2.75, 3.05) is 31.0 Å². The molecule has 1 fully saturated rings. The Morgan fingerprint density at radius 3 is 2.48 bits per heavy atom. The minimum absolute atomic E-state index is 0.000967. The van der Waals surface area contributed by atoms with Crippen molar-refractivity contribution < 1.29 is 45.4 Å². The number of methoxy groups -OCH3 is 1. The number of fused-ring (bicyclic) bond motifs is 3. The number of sulfonamides is 1. The number of amides is 1. The van der Waals surface area contributed by atoms with Gasteiger partial charge in [0.15, 0.2) is 0 Å². The number of carbonyl (C=O) groups is 2. The highest BCUT2D eigenvalue weighted by Gasteiger charge is 2.60. The Labute approximate surface area is 372 Å². The van der Waals surface area contributed by atoms with Gasteiger partial charge >= 0.3 is 18.1 Å². The van der Waals surface area contributed by atoms with Crippen LogP contribution in [0.3, 0.4) is 0 Å². The van der Waals surface area contributed by atoms with Crippen molar-refractivity contribution in [1.82, 2.24) is 9.71 Å². The summed E-state index contributed by atoms with van der Waals surface area (Å²) in [6.07, 6.45) is 1.50. The highest BCUT2D eigenvalue weighted by atomic mass is 35.5. The van der Waals surface area contributed by atoms with Crippen molar-refractivity contribution in [3.05, 3.63) is 118 Å². The van der Waals surface area contributed by atoms with Gasteiger partial charge in [-0.25, -0.2) is 17.9 Å². The molecule has 1 saturated carbocycles. The molecule has 0 saturated heterocycles. The molecule has 0 bridgehead atoms. The molecule has 1 N–H and O–H groups in total. The molecule has 3 aliphatic rings. The lowest BCUT2D eigenvalue weighted by Gasteiger charge is -2.51. The molecule has 10 nitrogen and oxygen atoms in total. The van der Waals surface area contributed by atoms with Crippen molar-refractivity contribution >= 4 is 39.2 Å². The van der Waals surface area contributed by atoms with Gasteiger partial charge in [0.05, 0.1) is 26.1 Å². The van der Waals surface area contributed by atoms with Crippen molar-refractivity contribution in [1.29, 1.82) is 0 Å². The van der Waals surface area contributed by atoms with Gasteiger partial charge in [0.25, 0.3) is 0 Å². The lowest BCUT2D eigenvalue weighted by atomic mass is 9.59. The summed E-state index contributed by atoms with van der Waals surface area (Å²) in [5.74, 6) is -1.46. The summed E-state index contributed by atoms with van der Waals surface area (Å²) in [5, 5.41) is 0.107. The van der Waals surface area contributed by atoms with E-state index in [-0.39, 0.29) is 73.6 Å². The fourth-order valence-electron chi connectivity index (χ4n) is 10.2. The smallest absolute Gasteiger partial charge is 0.471 e. The van der Waals surface area contributed by atoms with Gasteiger partial charge < -0.3 is 14.2 Å². The number of nitrogens with zero attached hydrogens (tertiary/aromatic N) is 2. The van der Waals surface area contributed by atoms with Gasteiger partial charge in [0, 0.05) is 34.7 Å². The first-order valence-electron chi connectivity index (χ1n) is 21.7. The Morgan fingerprint density at radius 1 is 1.00 bits per heavy atom. The van der Waals surface area contributed by atoms with Gasteiger partial charge in [0.2, 0.25) is 10.0 Å². The Kier molecular flexibility index (Phi) is 14.1. The number of carbonyl (C=O) groups excluding carboxylic acids is 2. The van der Waals surface area contributed by atoms with Crippen LogP contribution in [0.2, 0.25) is 5.02 Å². The highest BCUT2D eigenvalue weighted by Crippen LogP contribution is 2.58. The monoisotopic (exact) mass is 909 g/mol. The molecule has 3 aliphatic carbocycles. The van der Waals surface area contributed by atoms with E-state index in [1.807, 2.05) is 54.6 Å². The van der Waals surface area contributed by atoms with E-state index in [0.29, 0.717) is 36.0 Å². The number of hydrogen-bond acceptors (Lipinski definition) is 8. The number of pyridine rings is 1. The molecule has 1 spiro atoms. The molecule has 0 radical (unpaired) electrons. The van der Waals surface area contributed by atoms with E-state index in [2.05, 4.69) is 23.6 Å². The molecular weight excluding hydrogens is 855 g/mol. The molecular formula is C48H55ClF3N3O7S. The summed E-state index contributed by atoms with van der Waals surface area (Å²) >= 11 is 6.26. The third-order valence-corrected chi connectivity index (χ3v) is 14.9. The van der Waals surface area contributed by atoms with E-state index in [4.69, 9.17) is 25.8 Å². The maximum atomic E-state index is 14.5.